The van der Waals surface area contributed by atoms with Crippen molar-refractivity contribution in [2.24, 2.45) is 0 Å². The first kappa shape index (κ1) is 12.8. The first-order chi connectivity index (χ1) is 9.68. The second-order valence-electron chi connectivity index (χ2n) is 5.24. The first-order valence-corrected chi connectivity index (χ1v) is 6.92. The van der Waals surface area contributed by atoms with E-state index in [4.69, 9.17) is 0 Å². The van der Waals surface area contributed by atoms with E-state index < -0.39 is 0 Å². The first-order valence-electron chi connectivity index (χ1n) is 6.92. The third-order valence-corrected chi connectivity index (χ3v) is 3.94. The molecule has 2 nitrogen and oxygen atoms in total. The molecule has 2 aliphatic rings. The quantitative estimate of drug-likeness (QED) is 0.807. The van der Waals surface area contributed by atoms with Crippen molar-refractivity contribution in [3.63, 3.8) is 0 Å². The molecule has 20 heavy (non-hydrogen) atoms. The van der Waals surface area contributed by atoms with Crippen molar-refractivity contribution in [3.8, 4) is 0 Å². The summed E-state index contributed by atoms with van der Waals surface area (Å²) >= 11 is 0. The van der Waals surface area contributed by atoms with Gasteiger partial charge in [-0.25, -0.2) is 0 Å². The van der Waals surface area contributed by atoms with Crippen LogP contribution in [0.1, 0.15) is 46.9 Å². The maximum Gasteiger partial charge on any atom is 0.190 e. The van der Waals surface area contributed by atoms with E-state index in [1.807, 2.05) is 6.07 Å². The number of rotatable bonds is 2. The average molecular weight is 264 g/mol. The Hall–Kier alpha value is -2.22. The van der Waals surface area contributed by atoms with E-state index in [0.29, 0.717) is 28.7 Å². The van der Waals surface area contributed by atoms with E-state index in [1.165, 1.54) is 0 Å². The molecule has 3 rings (SSSR count). The second kappa shape index (κ2) is 5.04. The van der Waals surface area contributed by atoms with Crippen LogP contribution in [0.25, 0.3) is 0 Å². The van der Waals surface area contributed by atoms with Gasteiger partial charge in [0, 0.05) is 28.7 Å². The van der Waals surface area contributed by atoms with Crippen LogP contribution in [-0.2, 0) is 0 Å². The number of allylic oxidation sites excluding steroid dienone is 6. The van der Waals surface area contributed by atoms with Crippen LogP contribution >= 0.6 is 0 Å². The number of hydrogen-bond donors (Lipinski definition) is 0. The standard InChI is InChI=1S/C18H16O2/c1-12-16(11-13-7-3-2-4-8-13)18(20)15-10-6-5-9-14(15)17(12)19/h3,5-10H,2,4,11H2,1H3. The highest BCUT2D eigenvalue weighted by molar-refractivity contribution is 6.26. The fourth-order valence-corrected chi connectivity index (χ4v) is 2.77. The van der Waals surface area contributed by atoms with E-state index in [0.717, 1.165) is 18.4 Å². The largest absolute Gasteiger partial charge is 0.289 e. The Balaban J connectivity index is 2.01. The van der Waals surface area contributed by atoms with Gasteiger partial charge >= 0.3 is 0 Å². The molecular formula is C18H16O2. The van der Waals surface area contributed by atoms with Crippen LogP contribution in [0.4, 0.5) is 0 Å². The van der Waals surface area contributed by atoms with Gasteiger partial charge in [-0.15, -0.1) is 0 Å². The fraction of sp³-hybridized carbons (Fsp3) is 0.222. The monoisotopic (exact) mass is 264 g/mol. The molecule has 0 saturated heterocycles. The SMILES string of the molecule is CC1=C(CC2=CCCC=C2)C(=O)c2ccccc2C1=O. The van der Waals surface area contributed by atoms with Crippen molar-refractivity contribution < 1.29 is 9.59 Å². The minimum absolute atomic E-state index is 0.00225. The molecule has 0 N–H and O–H groups in total. The highest BCUT2D eigenvalue weighted by Gasteiger charge is 2.29. The number of benzene rings is 1. The van der Waals surface area contributed by atoms with Crippen LogP contribution in [-0.4, -0.2) is 11.6 Å². The van der Waals surface area contributed by atoms with Gasteiger partial charge in [0.15, 0.2) is 11.6 Å². The molecule has 0 radical (unpaired) electrons. The van der Waals surface area contributed by atoms with Gasteiger partial charge in [-0.3, -0.25) is 9.59 Å². The summed E-state index contributed by atoms with van der Waals surface area (Å²) in [5, 5.41) is 0. The van der Waals surface area contributed by atoms with Crippen molar-refractivity contribution in [1.82, 2.24) is 0 Å². The minimum atomic E-state index is -0.0180. The van der Waals surface area contributed by atoms with Crippen LogP contribution in [0.15, 0.2) is 59.2 Å². The molecule has 2 aliphatic carbocycles. The molecule has 0 unspecified atom stereocenters. The molecule has 0 heterocycles. The maximum atomic E-state index is 12.6. The molecule has 0 amide bonds. The summed E-state index contributed by atoms with van der Waals surface area (Å²) in [5.41, 5.74) is 3.44. The van der Waals surface area contributed by atoms with Gasteiger partial charge in [0.05, 0.1) is 0 Å². The Kier molecular flexibility index (Phi) is 3.23. The Labute approximate surface area is 118 Å². The molecule has 0 fully saturated rings. The van der Waals surface area contributed by atoms with Gasteiger partial charge in [-0.1, -0.05) is 42.5 Å². The third kappa shape index (κ3) is 2.07. The molecule has 0 aliphatic heterocycles. The lowest BCUT2D eigenvalue weighted by molar-refractivity contribution is 0.0973. The van der Waals surface area contributed by atoms with E-state index in [2.05, 4.69) is 18.2 Å². The summed E-state index contributed by atoms with van der Waals surface area (Å²) in [4.78, 5) is 25.0. The molecule has 0 bridgehead atoms. The van der Waals surface area contributed by atoms with E-state index in [9.17, 15) is 9.59 Å². The fourth-order valence-electron chi connectivity index (χ4n) is 2.77. The second-order valence-corrected chi connectivity index (χ2v) is 5.24. The average Bonchev–Trinajstić information content (AvgIpc) is 2.50. The van der Waals surface area contributed by atoms with E-state index >= 15 is 0 Å². The smallest absolute Gasteiger partial charge is 0.190 e. The summed E-state index contributed by atoms with van der Waals surface area (Å²) in [5.74, 6) is -0.0202. The zero-order valence-corrected chi connectivity index (χ0v) is 11.5. The summed E-state index contributed by atoms with van der Waals surface area (Å²) in [6.07, 6.45) is 8.95. The summed E-state index contributed by atoms with van der Waals surface area (Å²) in [7, 11) is 0. The number of ketones is 2. The Morgan fingerprint density at radius 2 is 1.70 bits per heavy atom. The van der Waals surface area contributed by atoms with Crippen LogP contribution in [0, 0.1) is 0 Å². The molecule has 0 atom stereocenters. The predicted octanol–water partition coefficient (Wildman–Crippen LogP) is 4.05. The van der Waals surface area contributed by atoms with Crippen LogP contribution in [0.2, 0.25) is 0 Å². The zero-order chi connectivity index (χ0) is 14.1. The Morgan fingerprint density at radius 1 is 1.00 bits per heavy atom. The number of fused-ring (bicyclic) bond motifs is 1. The summed E-state index contributed by atoms with van der Waals surface area (Å²) in [6, 6.07) is 7.08. The molecular weight excluding hydrogens is 248 g/mol. The van der Waals surface area contributed by atoms with Crippen molar-refractivity contribution in [1.29, 1.82) is 0 Å². The van der Waals surface area contributed by atoms with Crippen molar-refractivity contribution in [2.45, 2.75) is 26.2 Å². The number of carbonyl (C=O) groups is 2. The number of carbonyl (C=O) groups excluding carboxylic acids is 2. The van der Waals surface area contributed by atoms with E-state index in [-0.39, 0.29) is 11.6 Å². The Morgan fingerprint density at radius 3 is 2.35 bits per heavy atom. The molecule has 1 aromatic carbocycles. The third-order valence-electron chi connectivity index (χ3n) is 3.94. The molecule has 0 aromatic heterocycles. The molecule has 2 heteroatoms. The van der Waals surface area contributed by atoms with Crippen molar-refractivity contribution in [2.75, 3.05) is 0 Å². The summed E-state index contributed by atoms with van der Waals surface area (Å²) < 4.78 is 0. The summed E-state index contributed by atoms with van der Waals surface area (Å²) in [6.45, 7) is 1.76. The minimum Gasteiger partial charge on any atom is -0.289 e. The lowest BCUT2D eigenvalue weighted by Gasteiger charge is -2.19. The van der Waals surface area contributed by atoms with Gasteiger partial charge in [0.2, 0.25) is 0 Å². The normalized spacial score (nSPS) is 18.1. The number of Topliss-reactive ketones (excluding diaryl/α,β-unsaturated/α-hetero) is 2. The van der Waals surface area contributed by atoms with E-state index in [1.54, 1.807) is 25.1 Å². The highest BCUT2D eigenvalue weighted by Crippen LogP contribution is 2.30. The van der Waals surface area contributed by atoms with Crippen LogP contribution in [0.3, 0.4) is 0 Å². The van der Waals surface area contributed by atoms with Crippen LogP contribution in [0.5, 0.6) is 0 Å². The van der Waals surface area contributed by atoms with Crippen molar-refractivity contribution >= 4 is 11.6 Å². The molecule has 100 valence electrons. The topological polar surface area (TPSA) is 34.1 Å². The molecule has 0 saturated carbocycles. The van der Waals surface area contributed by atoms with Gasteiger partial charge < -0.3 is 0 Å². The molecule has 0 spiro atoms. The lowest BCUT2D eigenvalue weighted by Crippen LogP contribution is -2.21. The van der Waals surface area contributed by atoms with Crippen molar-refractivity contribution in [3.05, 3.63) is 70.3 Å². The lowest BCUT2D eigenvalue weighted by atomic mass is 9.82. The highest BCUT2D eigenvalue weighted by atomic mass is 16.1. The van der Waals surface area contributed by atoms with Crippen LogP contribution < -0.4 is 0 Å². The maximum absolute atomic E-state index is 12.6. The van der Waals surface area contributed by atoms with Gasteiger partial charge in [-0.05, 0) is 25.3 Å². The Bertz CT molecular complexity index is 687. The van der Waals surface area contributed by atoms with Gasteiger partial charge in [-0.2, -0.15) is 0 Å². The van der Waals surface area contributed by atoms with Gasteiger partial charge in [0.1, 0.15) is 0 Å². The number of hydrogen-bond acceptors (Lipinski definition) is 2. The predicted molar refractivity (Wildman–Crippen MR) is 78.9 cm³/mol. The zero-order valence-electron chi connectivity index (χ0n) is 11.5. The van der Waals surface area contributed by atoms with Gasteiger partial charge in [0.25, 0.3) is 0 Å². The molecule has 1 aromatic rings.